The lowest BCUT2D eigenvalue weighted by atomic mass is 10.2. The normalized spacial score (nSPS) is 13.8. The summed E-state index contributed by atoms with van der Waals surface area (Å²) in [6.07, 6.45) is 0.715. The molecule has 2 aromatic carbocycles. The Balaban J connectivity index is 2.13. The van der Waals surface area contributed by atoms with Crippen LogP contribution in [0.3, 0.4) is 0 Å². The summed E-state index contributed by atoms with van der Waals surface area (Å²) in [6.45, 7) is 2.19. The summed E-state index contributed by atoms with van der Waals surface area (Å²) in [7, 11) is -3.63. The number of aryl methyl sites for hydroxylation is 1. The molecule has 0 amide bonds. The van der Waals surface area contributed by atoms with E-state index in [1.807, 2.05) is 30.3 Å². The molecule has 0 fully saturated rings. The second-order valence-electron chi connectivity index (χ2n) is 5.05. The molecule has 0 N–H and O–H groups in total. The highest BCUT2D eigenvalue weighted by atomic mass is 32.2. The zero-order valence-corrected chi connectivity index (χ0v) is 12.4. The molecule has 0 saturated heterocycles. The van der Waals surface area contributed by atoms with Crippen molar-refractivity contribution >= 4 is 15.7 Å². The van der Waals surface area contributed by atoms with Crippen LogP contribution in [-0.4, -0.2) is 15.0 Å². The predicted octanol–water partition coefficient (Wildman–Crippen LogP) is 2.62. The van der Waals surface area contributed by atoms with Gasteiger partial charge in [-0.05, 0) is 42.7 Å². The highest BCUT2D eigenvalue weighted by Crippen LogP contribution is 2.33. The van der Waals surface area contributed by atoms with Crippen LogP contribution in [0.25, 0.3) is 0 Å². The summed E-state index contributed by atoms with van der Waals surface area (Å²) in [5, 5.41) is 8.98. The minimum atomic E-state index is -3.63. The summed E-state index contributed by atoms with van der Waals surface area (Å²) in [6, 6.07) is 14.3. The first-order chi connectivity index (χ1) is 10.0. The van der Waals surface area contributed by atoms with Gasteiger partial charge in [0.1, 0.15) is 0 Å². The number of nitrogens with zero attached hydrogens (tertiary/aromatic N) is 2. The van der Waals surface area contributed by atoms with Crippen LogP contribution in [0, 0.1) is 18.3 Å². The van der Waals surface area contributed by atoms with Gasteiger partial charge in [0.2, 0.25) is 0 Å². The lowest BCUT2D eigenvalue weighted by molar-refractivity contribution is 0.591. The van der Waals surface area contributed by atoms with E-state index < -0.39 is 10.0 Å². The zero-order valence-electron chi connectivity index (χ0n) is 11.6. The summed E-state index contributed by atoms with van der Waals surface area (Å²) in [5.41, 5.74) is 2.78. The fourth-order valence-corrected chi connectivity index (χ4v) is 4.38. The molecule has 3 rings (SSSR count). The van der Waals surface area contributed by atoms with E-state index in [0.717, 1.165) is 11.3 Å². The number of nitriles is 1. The van der Waals surface area contributed by atoms with Crippen LogP contribution in [0.5, 0.6) is 0 Å². The number of hydrogen-bond donors (Lipinski definition) is 0. The average Bonchev–Trinajstić information content (AvgIpc) is 2.92. The first-order valence-electron chi connectivity index (χ1n) is 6.65. The molecule has 0 atom stereocenters. The summed E-state index contributed by atoms with van der Waals surface area (Å²) < 4.78 is 27.2. The molecule has 2 aromatic rings. The van der Waals surface area contributed by atoms with Gasteiger partial charge in [0, 0.05) is 6.54 Å². The van der Waals surface area contributed by atoms with Crippen molar-refractivity contribution in [1.82, 2.24) is 0 Å². The zero-order chi connectivity index (χ0) is 15.0. The Bertz CT molecular complexity index is 851. The van der Waals surface area contributed by atoms with Gasteiger partial charge in [-0.15, -0.1) is 0 Å². The Labute approximate surface area is 124 Å². The maximum atomic E-state index is 12.9. The molecular formula is C16H14N2O2S. The SMILES string of the molecule is Cc1ccc(C#N)cc1S(=O)(=O)N1CCc2ccccc21. The van der Waals surface area contributed by atoms with E-state index in [9.17, 15) is 8.42 Å². The molecular weight excluding hydrogens is 284 g/mol. The van der Waals surface area contributed by atoms with E-state index in [0.29, 0.717) is 24.1 Å². The van der Waals surface area contributed by atoms with E-state index in [4.69, 9.17) is 5.26 Å². The quantitative estimate of drug-likeness (QED) is 0.856. The van der Waals surface area contributed by atoms with Gasteiger partial charge in [0.25, 0.3) is 10.0 Å². The van der Waals surface area contributed by atoms with Gasteiger partial charge in [-0.2, -0.15) is 5.26 Å². The Morgan fingerprint density at radius 1 is 1.19 bits per heavy atom. The standard InChI is InChI=1S/C16H14N2O2S/c1-12-6-7-13(11-17)10-16(12)21(19,20)18-9-8-14-4-2-3-5-15(14)18/h2-7,10H,8-9H2,1H3. The lowest BCUT2D eigenvalue weighted by Crippen LogP contribution is -2.29. The van der Waals surface area contributed by atoms with E-state index in [1.165, 1.54) is 10.4 Å². The molecule has 0 radical (unpaired) electrons. The monoisotopic (exact) mass is 298 g/mol. The Morgan fingerprint density at radius 2 is 1.95 bits per heavy atom. The van der Waals surface area contributed by atoms with Crippen molar-refractivity contribution in [2.45, 2.75) is 18.2 Å². The van der Waals surface area contributed by atoms with Gasteiger partial charge >= 0.3 is 0 Å². The van der Waals surface area contributed by atoms with Crippen molar-refractivity contribution in [2.75, 3.05) is 10.8 Å². The molecule has 1 aliphatic heterocycles. The third-order valence-corrected chi connectivity index (χ3v) is 5.69. The van der Waals surface area contributed by atoms with Crippen molar-refractivity contribution in [3.8, 4) is 6.07 Å². The van der Waals surface area contributed by atoms with Crippen LogP contribution in [-0.2, 0) is 16.4 Å². The summed E-state index contributed by atoms with van der Waals surface area (Å²) in [5.74, 6) is 0. The van der Waals surface area contributed by atoms with Crippen molar-refractivity contribution < 1.29 is 8.42 Å². The topological polar surface area (TPSA) is 61.2 Å². The number of rotatable bonds is 2. The number of para-hydroxylation sites is 1. The number of benzene rings is 2. The smallest absolute Gasteiger partial charge is 0.264 e. The van der Waals surface area contributed by atoms with Crippen LogP contribution >= 0.6 is 0 Å². The largest absolute Gasteiger partial charge is 0.266 e. The lowest BCUT2D eigenvalue weighted by Gasteiger charge is -2.20. The second-order valence-corrected chi connectivity index (χ2v) is 6.88. The minimum absolute atomic E-state index is 0.207. The van der Waals surface area contributed by atoms with Gasteiger partial charge in [0.05, 0.1) is 22.2 Å². The molecule has 1 heterocycles. The fraction of sp³-hybridized carbons (Fsp3) is 0.188. The maximum Gasteiger partial charge on any atom is 0.264 e. The van der Waals surface area contributed by atoms with Crippen LogP contribution in [0.15, 0.2) is 47.4 Å². The van der Waals surface area contributed by atoms with Gasteiger partial charge in [0.15, 0.2) is 0 Å². The summed E-state index contributed by atoms with van der Waals surface area (Å²) in [4.78, 5) is 0.207. The maximum absolute atomic E-state index is 12.9. The van der Waals surface area contributed by atoms with Crippen LogP contribution in [0.4, 0.5) is 5.69 Å². The van der Waals surface area contributed by atoms with Crippen LogP contribution in [0.2, 0.25) is 0 Å². The molecule has 0 bridgehead atoms. The Hall–Kier alpha value is -2.32. The van der Waals surface area contributed by atoms with E-state index in [1.54, 1.807) is 19.1 Å². The molecule has 0 unspecified atom stereocenters. The number of fused-ring (bicyclic) bond motifs is 1. The molecule has 0 aliphatic carbocycles. The second kappa shape index (κ2) is 4.90. The van der Waals surface area contributed by atoms with Crippen LogP contribution < -0.4 is 4.31 Å². The minimum Gasteiger partial charge on any atom is -0.266 e. The summed E-state index contributed by atoms with van der Waals surface area (Å²) >= 11 is 0. The Kier molecular flexibility index (Phi) is 3.19. The van der Waals surface area contributed by atoms with Gasteiger partial charge in [-0.25, -0.2) is 8.42 Å². The molecule has 0 spiro atoms. The van der Waals surface area contributed by atoms with Crippen molar-refractivity contribution in [3.63, 3.8) is 0 Å². The first kappa shape index (κ1) is 13.7. The third-order valence-electron chi connectivity index (χ3n) is 3.73. The predicted molar refractivity (Wildman–Crippen MR) is 80.6 cm³/mol. The van der Waals surface area contributed by atoms with E-state index in [2.05, 4.69) is 0 Å². The highest BCUT2D eigenvalue weighted by molar-refractivity contribution is 7.93. The van der Waals surface area contributed by atoms with Gasteiger partial charge < -0.3 is 0 Å². The molecule has 0 saturated carbocycles. The third kappa shape index (κ3) is 2.18. The molecule has 1 aliphatic rings. The molecule has 0 aromatic heterocycles. The van der Waals surface area contributed by atoms with Gasteiger partial charge in [-0.1, -0.05) is 24.3 Å². The molecule has 4 nitrogen and oxygen atoms in total. The van der Waals surface area contributed by atoms with E-state index in [-0.39, 0.29) is 4.90 Å². The van der Waals surface area contributed by atoms with Gasteiger partial charge in [-0.3, -0.25) is 4.31 Å². The highest BCUT2D eigenvalue weighted by Gasteiger charge is 2.31. The van der Waals surface area contributed by atoms with Crippen molar-refractivity contribution in [1.29, 1.82) is 5.26 Å². The van der Waals surface area contributed by atoms with E-state index >= 15 is 0 Å². The van der Waals surface area contributed by atoms with Crippen molar-refractivity contribution in [2.24, 2.45) is 0 Å². The average molecular weight is 298 g/mol. The number of hydrogen-bond acceptors (Lipinski definition) is 3. The molecule has 21 heavy (non-hydrogen) atoms. The first-order valence-corrected chi connectivity index (χ1v) is 8.09. The van der Waals surface area contributed by atoms with Crippen LogP contribution in [0.1, 0.15) is 16.7 Å². The molecule has 5 heteroatoms. The molecule has 106 valence electrons. The fourth-order valence-electron chi connectivity index (χ4n) is 2.62. The number of sulfonamides is 1. The van der Waals surface area contributed by atoms with Crippen molar-refractivity contribution in [3.05, 3.63) is 59.2 Å². The number of anilines is 1. The Morgan fingerprint density at radius 3 is 2.71 bits per heavy atom.